The molecule has 0 aliphatic heterocycles. The zero-order chi connectivity index (χ0) is 11.8. The number of benzene rings is 1. The first-order valence-electron chi connectivity index (χ1n) is 5.05. The average molecular weight is 219 g/mol. The van der Waals surface area contributed by atoms with Gasteiger partial charge in [-0.15, -0.1) is 0 Å². The van der Waals surface area contributed by atoms with Crippen LogP contribution in [0.3, 0.4) is 0 Å². The molecule has 0 spiro atoms. The third-order valence-electron chi connectivity index (χ3n) is 2.12. The van der Waals surface area contributed by atoms with Gasteiger partial charge in [-0.2, -0.15) is 5.26 Å². The highest BCUT2D eigenvalue weighted by Gasteiger charge is 2.03. The van der Waals surface area contributed by atoms with Gasteiger partial charge in [0.05, 0.1) is 11.0 Å². The molecule has 1 rings (SSSR count). The minimum atomic E-state index is -0.413. The van der Waals surface area contributed by atoms with E-state index in [-0.39, 0.29) is 5.69 Å². The fourth-order valence-corrected chi connectivity index (χ4v) is 1.26. The van der Waals surface area contributed by atoms with Crippen molar-refractivity contribution in [2.24, 2.45) is 0 Å². The van der Waals surface area contributed by atoms with Crippen LogP contribution in [0.15, 0.2) is 24.3 Å². The monoisotopic (exact) mass is 219 g/mol. The van der Waals surface area contributed by atoms with E-state index in [2.05, 4.69) is 11.4 Å². The minimum Gasteiger partial charge on any atom is -0.313 e. The van der Waals surface area contributed by atoms with Crippen molar-refractivity contribution in [3.63, 3.8) is 0 Å². The molecule has 5 nitrogen and oxygen atoms in total. The highest BCUT2D eigenvalue weighted by Crippen LogP contribution is 2.11. The van der Waals surface area contributed by atoms with Gasteiger partial charge in [0.1, 0.15) is 0 Å². The molecule has 0 aliphatic rings. The lowest BCUT2D eigenvalue weighted by atomic mass is 10.2. The summed E-state index contributed by atoms with van der Waals surface area (Å²) < 4.78 is 0. The van der Waals surface area contributed by atoms with Crippen LogP contribution in [-0.2, 0) is 6.54 Å². The Morgan fingerprint density at radius 2 is 2.06 bits per heavy atom. The number of hydrogen-bond donors (Lipinski definition) is 1. The van der Waals surface area contributed by atoms with Crippen LogP contribution >= 0.6 is 0 Å². The highest BCUT2D eigenvalue weighted by molar-refractivity contribution is 5.32. The Morgan fingerprint density at radius 1 is 1.38 bits per heavy atom. The van der Waals surface area contributed by atoms with E-state index in [0.717, 1.165) is 18.5 Å². The van der Waals surface area contributed by atoms with Crippen LogP contribution in [0.4, 0.5) is 5.69 Å². The molecule has 84 valence electrons. The quantitative estimate of drug-likeness (QED) is 0.450. The van der Waals surface area contributed by atoms with E-state index in [4.69, 9.17) is 5.26 Å². The summed E-state index contributed by atoms with van der Waals surface area (Å²) in [6.45, 7) is 1.45. The first kappa shape index (κ1) is 12.1. The van der Waals surface area contributed by atoms with Crippen molar-refractivity contribution < 1.29 is 4.92 Å². The van der Waals surface area contributed by atoms with Crippen LogP contribution in [0, 0.1) is 21.4 Å². The summed E-state index contributed by atoms with van der Waals surface area (Å²) in [5, 5.41) is 21.9. The Bertz CT molecular complexity index is 381. The molecule has 0 bridgehead atoms. The number of nitrogens with one attached hydrogen (secondary N) is 1. The number of nitro benzene ring substituents is 1. The summed E-state index contributed by atoms with van der Waals surface area (Å²) in [4.78, 5) is 9.99. The largest absolute Gasteiger partial charge is 0.313 e. The molecular weight excluding hydrogens is 206 g/mol. The minimum absolute atomic E-state index is 0.105. The molecule has 0 saturated heterocycles. The summed E-state index contributed by atoms with van der Waals surface area (Å²) >= 11 is 0. The summed E-state index contributed by atoms with van der Waals surface area (Å²) in [6, 6.07) is 8.52. The van der Waals surface area contributed by atoms with Crippen LogP contribution in [0.1, 0.15) is 18.4 Å². The van der Waals surface area contributed by atoms with E-state index >= 15 is 0 Å². The van der Waals surface area contributed by atoms with Gasteiger partial charge in [0.2, 0.25) is 0 Å². The molecule has 0 fully saturated rings. The maximum absolute atomic E-state index is 10.4. The predicted octanol–water partition coefficient (Wildman–Crippen LogP) is 1.99. The van der Waals surface area contributed by atoms with Crippen LogP contribution in [0.2, 0.25) is 0 Å². The number of non-ortho nitro benzene ring substituents is 1. The maximum Gasteiger partial charge on any atom is 0.269 e. The van der Waals surface area contributed by atoms with Crippen LogP contribution in [0.25, 0.3) is 0 Å². The second-order valence-electron chi connectivity index (χ2n) is 3.36. The zero-order valence-electron chi connectivity index (χ0n) is 8.85. The maximum atomic E-state index is 10.4. The lowest BCUT2D eigenvalue weighted by Crippen LogP contribution is -2.14. The van der Waals surface area contributed by atoms with Crippen LogP contribution in [0.5, 0.6) is 0 Å². The van der Waals surface area contributed by atoms with Crippen molar-refractivity contribution in [2.45, 2.75) is 19.4 Å². The highest BCUT2D eigenvalue weighted by atomic mass is 16.6. The van der Waals surface area contributed by atoms with E-state index in [1.54, 1.807) is 12.1 Å². The number of nitriles is 1. The van der Waals surface area contributed by atoms with Gasteiger partial charge in [-0.3, -0.25) is 10.1 Å². The molecule has 0 aliphatic carbocycles. The molecule has 0 amide bonds. The van der Waals surface area contributed by atoms with Crippen molar-refractivity contribution >= 4 is 5.69 Å². The van der Waals surface area contributed by atoms with Gasteiger partial charge >= 0.3 is 0 Å². The molecule has 0 atom stereocenters. The SMILES string of the molecule is N#CCCCNCc1ccc([N+](=O)[O-])cc1. The fraction of sp³-hybridized carbons (Fsp3) is 0.364. The Kier molecular flexibility index (Phi) is 4.96. The Labute approximate surface area is 93.9 Å². The summed E-state index contributed by atoms with van der Waals surface area (Å²) in [5.41, 5.74) is 1.11. The molecule has 0 heterocycles. The third kappa shape index (κ3) is 4.07. The normalized spacial score (nSPS) is 9.69. The summed E-state index contributed by atoms with van der Waals surface area (Å²) in [7, 11) is 0. The molecule has 1 N–H and O–H groups in total. The second-order valence-corrected chi connectivity index (χ2v) is 3.36. The molecule has 1 aromatic rings. The lowest BCUT2D eigenvalue weighted by Gasteiger charge is -2.02. The van der Waals surface area contributed by atoms with Crippen LogP contribution in [-0.4, -0.2) is 11.5 Å². The Hall–Kier alpha value is -1.93. The van der Waals surface area contributed by atoms with Gasteiger partial charge < -0.3 is 5.32 Å². The standard InChI is InChI=1S/C11H13N3O2/c12-7-1-2-8-13-9-10-3-5-11(6-4-10)14(15)16/h3-6,13H,1-2,8-9H2. The Balaban J connectivity index is 2.33. The van der Waals surface area contributed by atoms with Crippen molar-refractivity contribution in [2.75, 3.05) is 6.54 Å². The predicted molar refractivity (Wildman–Crippen MR) is 59.7 cm³/mol. The van der Waals surface area contributed by atoms with E-state index in [9.17, 15) is 10.1 Å². The van der Waals surface area contributed by atoms with Gasteiger partial charge in [-0.1, -0.05) is 12.1 Å². The van der Waals surface area contributed by atoms with Crippen molar-refractivity contribution in [1.29, 1.82) is 5.26 Å². The van der Waals surface area contributed by atoms with E-state index in [0.29, 0.717) is 13.0 Å². The lowest BCUT2D eigenvalue weighted by molar-refractivity contribution is -0.384. The molecular formula is C11H13N3O2. The average Bonchev–Trinajstić information content (AvgIpc) is 2.29. The molecule has 0 unspecified atom stereocenters. The molecule has 0 aromatic heterocycles. The van der Waals surface area contributed by atoms with Gasteiger partial charge in [0.15, 0.2) is 0 Å². The number of rotatable bonds is 6. The second kappa shape index (κ2) is 6.53. The Morgan fingerprint density at radius 3 is 2.62 bits per heavy atom. The first-order valence-corrected chi connectivity index (χ1v) is 5.05. The molecule has 0 radical (unpaired) electrons. The number of hydrogen-bond acceptors (Lipinski definition) is 4. The van der Waals surface area contributed by atoms with Gasteiger partial charge in [-0.05, 0) is 18.5 Å². The van der Waals surface area contributed by atoms with E-state index < -0.39 is 4.92 Å². The van der Waals surface area contributed by atoms with Gasteiger partial charge in [-0.25, -0.2) is 0 Å². The van der Waals surface area contributed by atoms with Crippen LogP contribution < -0.4 is 5.32 Å². The molecule has 5 heteroatoms. The number of nitrogens with zero attached hydrogens (tertiary/aromatic N) is 2. The molecule has 1 aromatic carbocycles. The number of nitro groups is 1. The van der Waals surface area contributed by atoms with Gasteiger partial charge in [0, 0.05) is 25.1 Å². The molecule has 0 saturated carbocycles. The zero-order valence-corrected chi connectivity index (χ0v) is 8.85. The van der Waals surface area contributed by atoms with Crippen molar-refractivity contribution in [3.8, 4) is 6.07 Å². The van der Waals surface area contributed by atoms with Gasteiger partial charge in [0.25, 0.3) is 5.69 Å². The smallest absolute Gasteiger partial charge is 0.269 e. The summed E-state index contributed by atoms with van der Waals surface area (Å²) in [5.74, 6) is 0. The summed E-state index contributed by atoms with van der Waals surface area (Å²) in [6.07, 6.45) is 1.37. The third-order valence-corrected chi connectivity index (χ3v) is 2.12. The van der Waals surface area contributed by atoms with Crippen molar-refractivity contribution in [1.82, 2.24) is 5.32 Å². The number of unbranched alkanes of at least 4 members (excludes halogenated alkanes) is 1. The van der Waals surface area contributed by atoms with Crippen molar-refractivity contribution in [3.05, 3.63) is 39.9 Å². The van der Waals surface area contributed by atoms with E-state index in [1.165, 1.54) is 12.1 Å². The molecule has 16 heavy (non-hydrogen) atoms. The topological polar surface area (TPSA) is 79.0 Å². The first-order chi connectivity index (χ1) is 7.74. The fourth-order valence-electron chi connectivity index (χ4n) is 1.26. The van der Waals surface area contributed by atoms with E-state index in [1.807, 2.05) is 0 Å².